The molecule has 0 unspecified atom stereocenters. The van der Waals surface area contributed by atoms with Crippen molar-refractivity contribution in [2.45, 2.75) is 24.8 Å². The number of carbonyl (C=O) groups excluding carboxylic acids is 2. The number of nitrogens with one attached hydrogen (secondary N) is 1. The van der Waals surface area contributed by atoms with Gasteiger partial charge in [0.1, 0.15) is 0 Å². The van der Waals surface area contributed by atoms with Gasteiger partial charge in [-0.25, -0.2) is 0 Å². The van der Waals surface area contributed by atoms with Gasteiger partial charge in [0.2, 0.25) is 0 Å². The summed E-state index contributed by atoms with van der Waals surface area (Å²) in [5.74, 6) is -1.15. The van der Waals surface area contributed by atoms with Crippen molar-refractivity contribution in [3.8, 4) is 0 Å². The molecule has 2 rings (SSSR count). The van der Waals surface area contributed by atoms with Gasteiger partial charge >= 0.3 is 0 Å². The van der Waals surface area contributed by atoms with Gasteiger partial charge in [0.25, 0.3) is 11.6 Å². The van der Waals surface area contributed by atoms with Gasteiger partial charge < -0.3 is 16.8 Å². The Morgan fingerprint density at radius 3 is 2.22 bits per heavy atom. The van der Waals surface area contributed by atoms with Crippen LogP contribution >= 0.6 is 0 Å². The van der Waals surface area contributed by atoms with Crippen LogP contribution < -0.4 is 16.8 Å². The van der Waals surface area contributed by atoms with E-state index in [0.717, 1.165) is 0 Å². The Hall–Kier alpha value is -3.10. The number of amides is 1. The first-order chi connectivity index (χ1) is 12.9. The number of hydrogen-bond donors (Lipinski definition) is 3. The first-order valence-electron chi connectivity index (χ1n) is 8.53. The summed E-state index contributed by atoms with van der Waals surface area (Å²) in [6.45, 7) is 0.430. The maximum absolute atomic E-state index is 12.9. The number of Topliss-reactive ketones (excluding diaryl/α,β-unsaturated/α-hetero) is 1. The maximum atomic E-state index is 12.9. The Morgan fingerprint density at radius 1 is 1.04 bits per heavy atom. The number of nitrogens with zero attached hydrogens (tertiary/aromatic N) is 1. The van der Waals surface area contributed by atoms with Crippen LogP contribution in [0.25, 0.3) is 0 Å². The lowest BCUT2D eigenvalue weighted by molar-refractivity contribution is -0.384. The third-order valence-electron chi connectivity index (χ3n) is 4.21. The molecule has 2 aromatic rings. The van der Waals surface area contributed by atoms with Crippen LogP contribution in [0.4, 0.5) is 11.4 Å². The highest BCUT2D eigenvalue weighted by Crippen LogP contribution is 2.22. The van der Waals surface area contributed by atoms with Crippen LogP contribution in [-0.2, 0) is 4.79 Å². The van der Waals surface area contributed by atoms with Crippen molar-refractivity contribution >= 4 is 23.1 Å². The monoisotopic (exact) mass is 370 g/mol. The van der Waals surface area contributed by atoms with Crippen LogP contribution in [-0.4, -0.2) is 28.7 Å². The van der Waals surface area contributed by atoms with Crippen LogP contribution in [0.3, 0.4) is 0 Å². The normalized spacial score (nSPS) is 12.8. The second kappa shape index (κ2) is 9.02. The van der Waals surface area contributed by atoms with E-state index < -0.39 is 22.2 Å². The van der Waals surface area contributed by atoms with E-state index in [0.29, 0.717) is 30.6 Å². The molecule has 0 heterocycles. The average molecular weight is 370 g/mol. The zero-order valence-corrected chi connectivity index (χ0v) is 14.8. The number of nitro benzene ring substituents is 1. The van der Waals surface area contributed by atoms with Crippen molar-refractivity contribution in [3.05, 3.63) is 70.3 Å². The molecule has 0 aromatic heterocycles. The molecule has 1 amide bonds. The summed E-state index contributed by atoms with van der Waals surface area (Å²) in [7, 11) is 0. The maximum Gasteiger partial charge on any atom is 0.269 e. The predicted octanol–water partition coefficient (Wildman–Crippen LogP) is 2.24. The SMILES string of the molecule is NCCCC[C@](N)(C(=O)Nc1ccc([N+](=O)[O-])cc1)C(=O)c1ccccc1. The molecule has 27 heavy (non-hydrogen) atoms. The first kappa shape index (κ1) is 20.2. The smallest absolute Gasteiger partial charge is 0.269 e. The van der Waals surface area contributed by atoms with Gasteiger partial charge in [-0.3, -0.25) is 19.7 Å². The van der Waals surface area contributed by atoms with Crippen LogP contribution in [0.5, 0.6) is 0 Å². The summed E-state index contributed by atoms with van der Waals surface area (Å²) in [4.78, 5) is 36.0. The number of carbonyl (C=O) groups is 2. The van der Waals surface area contributed by atoms with Crippen molar-refractivity contribution in [1.82, 2.24) is 0 Å². The van der Waals surface area contributed by atoms with Gasteiger partial charge in [-0.1, -0.05) is 30.3 Å². The fourth-order valence-corrected chi connectivity index (χ4v) is 2.63. The first-order valence-corrected chi connectivity index (χ1v) is 8.53. The van der Waals surface area contributed by atoms with Crippen molar-refractivity contribution in [1.29, 1.82) is 0 Å². The summed E-state index contributed by atoms with van der Waals surface area (Å²) >= 11 is 0. The zero-order chi connectivity index (χ0) is 19.9. The summed E-state index contributed by atoms with van der Waals surface area (Å²) in [6.07, 6.45) is 1.28. The molecule has 0 spiro atoms. The van der Waals surface area contributed by atoms with E-state index in [1.54, 1.807) is 30.3 Å². The Labute approximate surface area is 156 Å². The molecule has 1 atom stereocenters. The van der Waals surface area contributed by atoms with E-state index in [9.17, 15) is 19.7 Å². The standard InChI is InChI=1S/C19H22N4O4/c20-13-5-4-12-19(21,17(24)14-6-2-1-3-7-14)18(25)22-15-8-10-16(11-9-15)23(26)27/h1-3,6-11H,4-5,12-13,20-21H2,(H,22,25)/t19-/m1/s1. The molecule has 0 aliphatic carbocycles. The Bertz CT molecular complexity index is 808. The molecule has 0 aliphatic heterocycles. The molecule has 142 valence electrons. The summed E-state index contributed by atoms with van der Waals surface area (Å²) in [5.41, 5.74) is 10.6. The molecular weight excluding hydrogens is 348 g/mol. The summed E-state index contributed by atoms with van der Waals surface area (Å²) < 4.78 is 0. The van der Waals surface area contributed by atoms with Crippen molar-refractivity contribution in [2.24, 2.45) is 11.5 Å². The topological polar surface area (TPSA) is 141 Å². The minimum Gasteiger partial charge on any atom is -0.330 e. The minimum absolute atomic E-state index is 0.102. The fraction of sp³-hybridized carbons (Fsp3) is 0.263. The molecule has 0 saturated heterocycles. The van der Waals surface area contributed by atoms with E-state index >= 15 is 0 Å². The van der Waals surface area contributed by atoms with Gasteiger partial charge in [0, 0.05) is 23.4 Å². The van der Waals surface area contributed by atoms with E-state index in [2.05, 4.69) is 5.32 Å². The van der Waals surface area contributed by atoms with Gasteiger partial charge in [-0.2, -0.15) is 0 Å². The molecule has 0 saturated carbocycles. The molecule has 0 fully saturated rings. The molecule has 0 aliphatic rings. The van der Waals surface area contributed by atoms with Crippen molar-refractivity contribution in [2.75, 3.05) is 11.9 Å². The lowest BCUT2D eigenvalue weighted by atomic mass is 9.84. The number of anilines is 1. The summed E-state index contributed by atoms with van der Waals surface area (Å²) in [5, 5.41) is 13.3. The molecule has 0 bridgehead atoms. The van der Waals surface area contributed by atoms with Crippen LogP contribution in [0.15, 0.2) is 54.6 Å². The van der Waals surface area contributed by atoms with Gasteiger partial charge in [-0.05, 0) is 37.9 Å². The van der Waals surface area contributed by atoms with E-state index in [1.165, 1.54) is 24.3 Å². The Kier molecular flexibility index (Phi) is 6.75. The number of nitro groups is 1. The minimum atomic E-state index is -1.77. The second-order valence-electron chi connectivity index (χ2n) is 6.17. The lowest BCUT2D eigenvalue weighted by Crippen LogP contribution is -2.57. The number of hydrogen-bond acceptors (Lipinski definition) is 6. The van der Waals surface area contributed by atoms with Gasteiger partial charge in [0.05, 0.1) is 4.92 Å². The number of rotatable bonds is 9. The molecule has 0 radical (unpaired) electrons. The van der Waals surface area contributed by atoms with E-state index in [1.807, 2.05) is 0 Å². The number of nitrogens with two attached hydrogens (primary N) is 2. The molecular formula is C19H22N4O4. The quantitative estimate of drug-likeness (QED) is 0.203. The number of ketones is 1. The highest BCUT2D eigenvalue weighted by atomic mass is 16.6. The number of non-ortho nitro benzene ring substituents is 1. The lowest BCUT2D eigenvalue weighted by Gasteiger charge is -2.27. The van der Waals surface area contributed by atoms with Crippen LogP contribution in [0.2, 0.25) is 0 Å². The van der Waals surface area contributed by atoms with E-state index in [-0.39, 0.29) is 12.1 Å². The predicted molar refractivity (Wildman–Crippen MR) is 102 cm³/mol. The molecule has 2 aromatic carbocycles. The van der Waals surface area contributed by atoms with Crippen LogP contribution in [0.1, 0.15) is 29.6 Å². The largest absolute Gasteiger partial charge is 0.330 e. The zero-order valence-electron chi connectivity index (χ0n) is 14.8. The van der Waals surface area contributed by atoms with Crippen molar-refractivity contribution in [3.63, 3.8) is 0 Å². The second-order valence-corrected chi connectivity index (χ2v) is 6.17. The van der Waals surface area contributed by atoms with E-state index in [4.69, 9.17) is 11.5 Å². The average Bonchev–Trinajstić information content (AvgIpc) is 2.68. The van der Waals surface area contributed by atoms with Crippen molar-refractivity contribution < 1.29 is 14.5 Å². The number of unbranched alkanes of at least 4 members (excludes halogenated alkanes) is 1. The fourth-order valence-electron chi connectivity index (χ4n) is 2.63. The third kappa shape index (κ3) is 4.96. The van der Waals surface area contributed by atoms with Gasteiger partial charge in [-0.15, -0.1) is 0 Å². The highest BCUT2D eigenvalue weighted by molar-refractivity contribution is 6.21. The van der Waals surface area contributed by atoms with Gasteiger partial charge in [0.15, 0.2) is 11.3 Å². The molecule has 5 N–H and O–H groups in total. The third-order valence-corrected chi connectivity index (χ3v) is 4.21. The summed E-state index contributed by atoms with van der Waals surface area (Å²) in [6, 6.07) is 13.7. The van der Waals surface area contributed by atoms with Crippen LogP contribution in [0, 0.1) is 10.1 Å². The molecule has 8 heteroatoms. The highest BCUT2D eigenvalue weighted by Gasteiger charge is 2.41. The molecule has 8 nitrogen and oxygen atoms in total. The number of benzene rings is 2. The Balaban J connectivity index is 2.24. The Morgan fingerprint density at radius 2 is 1.67 bits per heavy atom.